The standard InChI is InChI=1S/C14H20N2O3S/c1-3-14(17)16-9-5-6-11-7-8-12(10-13(11)16)15-20(18,19)4-2/h7-8,10,15H,3-6,9H2,1-2H3. The number of anilines is 2. The summed E-state index contributed by atoms with van der Waals surface area (Å²) in [7, 11) is -3.30. The predicted molar refractivity (Wildman–Crippen MR) is 80.5 cm³/mol. The Labute approximate surface area is 120 Å². The molecule has 5 nitrogen and oxygen atoms in total. The summed E-state index contributed by atoms with van der Waals surface area (Å²) in [5.41, 5.74) is 2.44. The van der Waals surface area contributed by atoms with Crippen LogP contribution in [-0.2, 0) is 21.2 Å². The molecule has 0 bridgehead atoms. The summed E-state index contributed by atoms with van der Waals surface area (Å²) in [6.45, 7) is 4.12. The van der Waals surface area contributed by atoms with Crippen molar-refractivity contribution < 1.29 is 13.2 Å². The smallest absolute Gasteiger partial charge is 0.232 e. The van der Waals surface area contributed by atoms with Gasteiger partial charge in [-0.2, -0.15) is 0 Å². The van der Waals surface area contributed by atoms with Crippen LogP contribution in [0.1, 0.15) is 32.3 Å². The SMILES string of the molecule is CCC(=O)N1CCCc2ccc(NS(=O)(=O)CC)cc21. The molecule has 0 spiro atoms. The number of hydrogen-bond acceptors (Lipinski definition) is 3. The van der Waals surface area contributed by atoms with E-state index in [0.29, 0.717) is 18.7 Å². The van der Waals surface area contributed by atoms with Gasteiger partial charge in [-0.15, -0.1) is 0 Å². The van der Waals surface area contributed by atoms with Crippen LogP contribution >= 0.6 is 0 Å². The van der Waals surface area contributed by atoms with E-state index in [0.717, 1.165) is 24.1 Å². The van der Waals surface area contributed by atoms with Gasteiger partial charge in [0.05, 0.1) is 11.4 Å². The topological polar surface area (TPSA) is 66.5 Å². The van der Waals surface area contributed by atoms with Crippen molar-refractivity contribution in [3.63, 3.8) is 0 Å². The molecular formula is C14H20N2O3S. The summed E-state index contributed by atoms with van der Waals surface area (Å²) < 4.78 is 25.8. The predicted octanol–water partition coefficient (Wildman–Crippen LogP) is 2.14. The van der Waals surface area contributed by atoms with Crippen molar-refractivity contribution >= 4 is 27.3 Å². The van der Waals surface area contributed by atoms with E-state index < -0.39 is 10.0 Å². The number of sulfonamides is 1. The van der Waals surface area contributed by atoms with E-state index in [9.17, 15) is 13.2 Å². The second-order valence-electron chi connectivity index (χ2n) is 4.85. The highest BCUT2D eigenvalue weighted by Crippen LogP contribution is 2.30. The van der Waals surface area contributed by atoms with E-state index in [2.05, 4.69) is 4.72 Å². The van der Waals surface area contributed by atoms with Crippen LogP contribution in [0.15, 0.2) is 18.2 Å². The Kier molecular flexibility index (Phi) is 4.32. The molecule has 20 heavy (non-hydrogen) atoms. The van der Waals surface area contributed by atoms with Gasteiger partial charge in [-0.05, 0) is 37.5 Å². The van der Waals surface area contributed by atoms with Crippen molar-refractivity contribution in [3.05, 3.63) is 23.8 Å². The molecule has 0 radical (unpaired) electrons. The number of fused-ring (bicyclic) bond motifs is 1. The largest absolute Gasteiger partial charge is 0.312 e. The first-order valence-corrected chi connectivity index (χ1v) is 8.56. The first-order valence-electron chi connectivity index (χ1n) is 6.90. The highest BCUT2D eigenvalue weighted by atomic mass is 32.2. The number of hydrogen-bond donors (Lipinski definition) is 1. The molecule has 0 unspecified atom stereocenters. The Morgan fingerprint density at radius 3 is 2.75 bits per heavy atom. The maximum atomic E-state index is 12.0. The molecule has 1 N–H and O–H groups in total. The molecule has 1 amide bonds. The van der Waals surface area contributed by atoms with Crippen LogP contribution in [0.25, 0.3) is 0 Å². The average molecular weight is 296 g/mol. The summed E-state index contributed by atoms with van der Waals surface area (Å²) in [5.74, 6) is 0.100. The average Bonchev–Trinajstić information content (AvgIpc) is 2.45. The minimum Gasteiger partial charge on any atom is -0.312 e. The minimum absolute atomic E-state index is 0.0295. The van der Waals surface area contributed by atoms with E-state index in [1.807, 2.05) is 13.0 Å². The summed E-state index contributed by atoms with van der Waals surface area (Å²) >= 11 is 0. The number of benzene rings is 1. The van der Waals surface area contributed by atoms with Crippen molar-refractivity contribution in [2.75, 3.05) is 21.9 Å². The molecule has 1 aliphatic heterocycles. The molecule has 1 aliphatic rings. The Morgan fingerprint density at radius 1 is 1.35 bits per heavy atom. The molecular weight excluding hydrogens is 276 g/mol. The van der Waals surface area contributed by atoms with Crippen molar-refractivity contribution in [1.29, 1.82) is 0 Å². The second kappa shape index (κ2) is 5.83. The zero-order valence-electron chi connectivity index (χ0n) is 11.8. The van der Waals surface area contributed by atoms with Crippen molar-refractivity contribution in [2.24, 2.45) is 0 Å². The fourth-order valence-corrected chi connectivity index (χ4v) is 2.97. The highest BCUT2D eigenvalue weighted by Gasteiger charge is 2.22. The molecule has 0 fully saturated rings. The van der Waals surface area contributed by atoms with Crippen LogP contribution in [0.3, 0.4) is 0 Å². The molecule has 1 aromatic carbocycles. The van der Waals surface area contributed by atoms with Crippen molar-refractivity contribution in [3.8, 4) is 0 Å². The lowest BCUT2D eigenvalue weighted by atomic mass is 10.0. The van der Waals surface area contributed by atoms with Crippen molar-refractivity contribution in [2.45, 2.75) is 33.1 Å². The van der Waals surface area contributed by atoms with Gasteiger partial charge in [0.1, 0.15) is 0 Å². The fourth-order valence-electron chi connectivity index (χ4n) is 2.34. The first-order chi connectivity index (χ1) is 9.46. The molecule has 0 aliphatic carbocycles. The van der Waals surface area contributed by atoms with Gasteiger partial charge in [0.15, 0.2) is 0 Å². The maximum Gasteiger partial charge on any atom is 0.232 e. The first kappa shape index (κ1) is 14.8. The van der Waals surface area contributed by atoms with Gasteiger partial charge >= 0.3 is 0 Å². The van der Waals surface area contributed by atoms with E-state index in [1.165, 1.54) is 0 Å². The van der Waals surface area contributed by atoms with Crippen LogP contribution < -0.4 is 9.62 Å². The molecule has 6 heteroatoms. The third-order valence-corrected chi connectivity index (χ3v) is 4.77. The van der Waals surface area contributed by atoms with Crippen LogP contribution in [0.2, 0.25) is 0 Å². The minimum atomic E-state index is -3.30. The third kappa shape index (κ3) is 3.12. The zero-order chi connectivity index (χ0) is 14.8. The van der Waals surface area contributed by atoms with Gasteiger partial charge < -0.3 is 4.90 Å². The number of nitrogens with one attached hydrogen (secondary N) is 1. The van der Waals surface area contributed by atoms with Crippen LogP contribution in [-0.4, -0.2) is 26.6 Å². The van der Waals surface area contributed by atoms with Gasteiger partial charge in [-0.3, -0.25) is 9.52 Å². The summed E-state index contributed by atoms with van der Waals surface area (Å²) in [4.78, 5) is 13.7. The fraction of sp³-hybridized carbons (Fsp3) is 0.500. The molecule has 2 rings (SSSR count). The number of carbonyl (C=O) groups is 1. The molecule has 0 saturated carbocycles. The van der Waals surface area contributed by atoms with Gasteiger partial charge in [0.25, 0.3) is 0 Å². The van der Waals surface area contributed by atoms with Crippen molar-refractivity contribution in [1.82, 2.24) is 0 Å². The lowest BCUT2D eigenvalue weighted by Gasteiger charge is -2.29. The summed E-state index contributed by atoms with van der Waals surface area (Å²) in [6, 6.07) is 5.42. The van der Waals surface area contributed by atoms with E-state index in [1.54, 1.807) is 24.0 Å². The highest BCUT2D eigenvalue weighted by molar-refractivity contribution is 7.92. The van der Waals surface area contributed by atoms with Gasteiger partial charge in [-0.25, -0.2) is 8.42 Å². The normalized spacial score (nSPS) is 14.8. The maximum absolute atomic E-state index is 12.0. The number of nitrogens with zero attached hydrogens (tertiary/aromatic N) is 1. The molecule has 0 aromatic heterocycles. The van der Waals surface area contributed by atoms with Gasteiger partial charge in [0.2, 0.25) is 15.9 Å². The van der Waals surface area contributed by atoms with Crippen LogP contribution in [0.5, 0.6) is 0 Å². The lowest BCUT2D eigenvalue weighted by molar-refractivity contribution is -0.118. The Bertz CT molecular complexity index is 611. The lowest BCUT2D eigenvalue weighted by Crippen LogP contribution is -2.35. The number of amides is 1. The summed E-state index contributed by atoms with van der Waals surface area (Å²) in [5, 5.41) is 0. The number of rotatable bonds is 4. The monoisotopic (exact) mass is 296 g/mol. The molecule has 1 heterocycles. The van der Waals surface area contributed by atoms with E-state index in [4.69, 9.17) is 0 Å². The Hall–Kier alpha value is -1.56. The zero-order valence-corrected chi connectivity index (χ0v) is 12.7. The second-order valence-corrected chi connectivity index (χ2v) is 6.86. The Morgan fingerprint density at radius 2 is 2.10 bits per heavy atom. The van der Waals surface area contributed by atoms with E-state index >= 15 is 0 Å². The molecule has 0 saturated heterocycles. The van der Waals surface area contributed by atoms with E-state index in [-0.39, 0.29) is 11.7 Å². The quantitative estimate of drug-likeness (QED) is 0.925. The van der Waals surface area contributed by atoms with Crippen LogP contribution in [0, 0.1) is 0 Å². The van der Waals surface area contributed by atoms with Gasteiger partial charge in [-0.1, -0.05) is 13.0 Å². The number of carbonyl (C=O) groups excluding carboxylic acids is 1. The summed E-state index contributed by atoms with van der Waals surface area (Å²) in [6.07, 6.45) is 2.31. The molecule has 110 valence electrons. The van der Waals surface area contributed by atoms with Crippen LogP contribution in [0.4, 0.5) is 11.4 Å². The molecule has 0 atom stereocenters. The van der Waals surface area contributed by atoms with Gasteiger partial charge in [0, 0.05) is 18.7 Å². The third-order valence-electron chi connectivity index (χ3n) is 3.46. The number of aryl methyl sites for hydroxylation is 1. The molecule has 1 aromatic rings. The Balaban J connectivity index is 2.35.